The number of esters is 1. The molecule has 4 heteroatoms. The average Bonchev–Trinajstić information content (AvgIpc) is 2.54. The van der Waals surface area contributed by atoms with Crippen molar-refractivity contribution < 1.29 is 19.1 Å². The Morgan fingerprint density at radius 1 is 1.05 bits per heavy atom. The normalized spacial score (nSPS) is 10.3. The van der Waals surface area contributed by atoms with Crippen molar-refractivity contribution in [2.45, 2.75) is 0 Å². The van der Waals surface area contributed by atoms with Gasteiger partial charge in [-0.3, -0.25) is 4.79 Å². The molecule has 0 aliphatic heterocycles. The van der Waals surface area contributed by atoms with Gasteiger partial charge in [0.05, 0.1) is 12.7 Å². The Hall–Kier alpha value is -2.88. The van der Waals surface area contributed by atoms with E-state index >= 15 is 0 Å². The minimum absolute atomic E-state index is 0.247. The molecule has 4 nitrogen and oxygen atoms in total. The molecule has 0 aliphatic rings. The second-order valence-corrected chi connectivity index (χ2v) is 4.18. The minimum Gasteiger partial charge on any atom is -0.497 e. The summed E-state index contributed by atoms with van der Waals surface area (Å²) in [6.07, 6.45) is 3.59. The molecule has 21 heavy (non-hydrogen) atoms. The summed E-state index contributed by atoms with van der Waals surface area (Å²) < 4.78 is 10.2. The number of hydrogen-bond donors (Lipinski definition) is 0. The lowest BCUT2D eigenvalue weighted by atomic mass is 10.2. The molecule has 0 aromatic heterocycles. The zero-order chi connectivity index (χ0) is 15.1. The van der Waals surface area contributed by atoms with Crippen LogP contribution in [0.3, 0.4) is 0 Å². The van der Waals surface area contributed by atoms with Gasteiger partial charge >= 0.3 is 5.97 Å². The van der Waals surface area contributed by atoms with Crippen molar-refractivity contribution in [3.8, 4) is 11.5 Å². The van der Waals surface area contributed by atoms with E-state index in [9.17, 15) is 9.59 Å². The molecule has 0 amide bonds. The summed E-state index contributed by atoms with van der Waals surface area (Å²) in [6.45, 7) is 0. The van der Waals surface area contributed by atoms with Crippen LogP contribution in [0.25, 0.3) is 6.08 Å². The molecule has 0 bridgehead atoms. The summed E-state index contributed by atoms with van der Waals surface area (Å²) in [5, 5.41) is 0. The monoisotopic (exact) mass is 282 g/mol. The highest BCUT2D eigenvalue weighted by Gasteiger charge is 2.05. The smallest absolute Gasteiger partial charge is 0.336 e. The number of rotatable bonds is 5. The second kappa shape index (κ2) is 7.05. The summed E-state index contributed by atoms with van der Waals surface area (Å²) >= 11 is 0. The number of para-hydroxylation sites is 1. The average molecular weight is 282 g/mol. The van der Waals surface area contributed by atoms with Gasteiger partial charge in [-0.15, -0.1) is 0 Å². The number of aldehydes is 1. The third-order valence-electron chi connectivity index (χ3n) is 2.78. The Bertz CT molecular complexity index is 657. The number of ether oxygens (including phenoxy) is 2. The largest absolute Gasteiger partial charge is 0.497 e. The number of benzene rings is 2. The maximum Gasteiger partial charge on any atom is 0.336 e. The van der Waals surface area contributed by atoms with Gasteiger partial charge in [0, 0.05) is 6.08 Å². The van der Waals surface area contributed by atoms with E-state index in [2.05, 4.69) is 0 Å². The van der Waals surface area contributed by atoms with E-state index in [0.717, 1.165) is 11.3 Å². The van der Waals surface area contributed by atoms with Crippen molar-refractivity contribution >= 4 is 18.3 Å². The van der Waals surface area contributed by atoms with Crippen LogP contribution in [-0.2, 0) is 4.79 Å². The van der Waals surface area contributed by atoms with Crippen molar-refractivity contribution in [3.05, 3.63) is 65.7 Å². The molecule has 106 valence electrons. The highest BCUT2D eigenvalue weighted by Crippen LogP contribution is 2.16. The van der Waals surface area contributed by atoms with Crippen molar-refractivity contribution in [1.82, 2.24) is 0 Å². The van der Waals surface area contributed by atoms with Crippen molar-refractivity contribution in [2.75, 3.05) is 7.11 Å². The molecule has 0 unspecified atom stereocenters. The zero-order valence-corrected chi connectivity index (χ0v) is 11.5. The van der Waals surface area contributed by atoms with Crippen molar-refractivity contribution in [3.63, 3.8) is 0 Å². The summed E-state index contributed by atoms with van der Waals surface area (Å²) in [5.41, 5.74) is 1.18. The highest BCUT2D eigenvalue weighted by atomic mass is 16.5. The first-order valence-corrected chi connectivity index (χ1v) is 6.31. The van der Waals surface area contributed by atoms with E-state index in [1.165, 1.54) is 6.08 Å². The Kier molecular flexibility index (Phi) is 4.88. The van der Waals surface area contributed by atoms with Gasteiger partial charge in [0.25, 0.3) is 0 Å². The standard InChI is InChI=1S/C17H14O4/c1-20-15-9-6-13(7-10-15)8-11-17(19)21-16-5-3-2-4-14(16)12-18/h2-12H,1H3/b11-8+. The predicted octanol–water partition coefficient (Wildman–Crippen LogP) is 3.13. The van der Waals surface area contributed by atoms with E-state index in [1.807, 2.05) is 12.1 Å². The van der Waals surface area contributed by atoms with Gasteiger partial charge in [0.1, 0.15) is 11.5 Å². The van der Waals surface area contributed by atoms with Crippen LogP contribution in [0, 0.1) is 0 Å². The molecule has 0 aliphatic carbocycles. The summed E-state index contributed by atoms with van der Waals surface area (Å²) in [6, 6.07) is 13.8. The fourth-order valence-electron chi connectivity index (χ4n) is 1.69. The lowest BCUT2D eigenvalue weighted by molar-refractivity contribution is -0.128. The summed E-state index contributed by atoms with van der Waals surface area (Å²) in [7, 11) is 1.59. The zero-order valence-electron chi connectivity index (χ0n) is 11.5. The summed E-state index contributed by atoms with van der Waals surface area (Å²) in [4.78, 5) is 22.6. The number of hydrogen-bond acceptors (Lipinski definition) is 4. The van der Waals surface area contributed by atoms with Crippen LogP contribution < -0.4 is 9.47 Å². The van der Waals surface area contributed by atoms with E-state index in [4.69, 9.17) is 9.47 Å². The van der Waals surface area contributed by atoms with Crippen molar-refractivity contribution in [2.24, 2.45) is 0 Å². The van der Waals surface area contributed by atoms with Gasteiger partial charge in [-0.2, -0.15) is 0 Å². The lowest BCUT2D eigenvalue weighted by Gasteiger charge is -2.03. The molecular weight excluding hydrogens is 268 g/mol. The molecule has 2 rings (SSSR count). The first-order valence-electron chi connectivity index (χ1n) is 6.31. The highest BCUT2D eigenvalue weighted by molar-refractivity contribution is 5.90. The lowest BCUT2D eigenvalue weighted by Crippen LogP contribution is -2.05. The molecule has 0 saturated heterocycles. The second-order valence-electron chi connectivity index (χ2n) is 4.18. The Morgan fingerprint density at radius 2 is 1.76 bits per heavy atom. The van der Waals surface area contributed by atoms with Crippen LogP contribution in [0.4, 0.5) is 0 Å². The minimum atomic E-state index is -0.542. The van der Waals surface area contributed by atoms with Gasteiger partial charge in [0.15, 0.2) is 6.29 Å². The van der Waals surface area contributed by atoms with Crippen LogP contribution in [0.2, 0.25) is 0 Å². The molecule has 2 aromatic rings. The topological polar surface area (TPSA) is 52.6 Å². The maximum absolute atomic E-state index is 11.7. The number of carbonyl (C=O) groups is 2. The molecule has 2 aromatic carbocycles. The fraction of sp³-hybridized carbons (Fsp3) is 0.0588. The first-order chi connectivity index (χ1) is 10.2. The SMILES string of the molecule is COc1ccc(/C=C/C(=O)Oc2ccccc2C=O)cc1. The molecule has 0 spiro atoms. The Balaban J connectivity index is 2.03. The summed E-state index contributed by atoms with van der Waals surface area (Å²) in [5.74, 6) is 0.451. The Morgan fingerprint density at radius 3 is 2.43 bits per heavy atom. The van der Waals surface area contributed by atoms with Gasteiger partial charge in [-0.25, -0.2) is 4.79 Å². The van der Waals surface area contributed by atoms with Gasteiger partial charge in [0.2, 0.25) is 0 Å². The molecule has 0 N–H and O–H groups in total. The Labute approximate surface area is 122 Å². The fourth-order valence-corrected chi connectivity index (χ4v) is 1.69. The predicted molar refractivity (Wildman–Crippen MR) is 79.5 cm³/mol. The molecule has 0 radical (unpaired) electrons. The molecule has 0 fully saturated rings. The van der Waals surface area contributed by atoms with Crippen LogP contribution in [0.1, 0.15) is 15.9 Å². The van der Waals surface area contributed by atoms with E-state index in [-0.39, 0.29) is 5.75 Å². The van der Waals surface area contributed by atoms with E-state index < -0.39 is 5.97 Å². The molecule has 0 saturated carbocycles. The quantitative estimate of drug-likeness (QED) is 0.366. The van der Waals surface area contributed by atoms with E-state index in [1.54, 1.807) is 49.6 Å². The number of methoxy groups -OCH3 is 1. The van der Waals surface area contributed by atoms with Crippen LogP contribution in [0.15, 0.2) is 54.6 Å². The third-order valence-corrected chi connectivity index (χ3v) is 2.78. The maximum atomic E-state index is 11.7. The number of carbonyl (C=O) groups excluding carboxylic acids is 2. The van der Waals surface area contributed by atoms with Gasteiger partial charge in [-0.1, -0.05) is 24.3 Å². The van der Waals surface area contributed by atoms with Crippen LogP contribution in [0.5, 0.6) is 11.5 Å². The third kappa shape index (κ3) is 4.04. The first kappa shape index (κ1) is 14.5. The molecular formula is C17H14O4. The van der Waals surface area contributed by atoms with Gasteiger partial charge in [-0.05, 0) is 35.9 Å². The van der Waals surface area contributed by atoms with Crippen LogP contribution in [-0.4, -0.2) is 19.4 Å². The molecule has 0 heterocycles. The van der Waals surface area contributed by atoms with Crippen molar-refractivity contribution in [1.29, 1.82) is 0 Å². The van der Waals surface area contributed by atoms with E-state index in [0.29, 0.717) is 11.8 Å². The van der Waals surface area contributed by atoms with Gasteiger partial charge < -0.3 is 9.47 Å². The molecule has 0 atom stereocenters. The van der Waals surface area contributed by atoms with Crippen LogP contribution >= 0.6 is 0 Å².